The molecule has 0 radical (unpaired) electrons. The minimum absolute atomic E-state index is 0.0844. The van der Waals surface area contributed by atoms with E-state index in [2.05, 4.69) is 9.72 Å². The zero-order chi connectivity index (χ0) is 19.8. The van der Waals surface area contributed by atoms with Crippen molar-refractivity contribution in [3.8, 4) is 0 Å². The lowest BCUT2D eigenvalue weighted by Gasteiger charge is -2.07. The van der Waals surface area contributed by atoms with Crippen LogP contribution in [0.2, 0.25) is 0 Å². The van der Waals surface area contributed by atoms with E-state index in [1.165, 1.54) is 13.2 Å². The highest BCUT2D eigenvalue weighted by Gasteiger charge is 2.19. The molecular formula is C20H18N2O6. The SMILES string of the molecule is COC(=O)c1cc(COC(=O)c2ccc3c(=O)n4c(nc3c2)CCC4)oc1C. The average molecular weight is 382 g/mol. The first kappa shape index (κ1) is 18.0. The zero-order valence-electron chi connectivity index (χ0n) is 15.5. The van der Waals surface area contributed by atoms with Crippen molar-refractivity contribution in [1.82, 2.24) is 9.55 Å². The number of aromatic nitrogens is 2. The number of benzene rings is 1. The number of nitrogens with zero attached hydrogens (tertiary/aromatic N) is 2. The number of aryl methyl sites for hydroxylation is 2. The van der Waals surface area contributed by atoms with Gasteiger partial charge in [0.2, 0.25) is 0 Å². The van der Waals surface area contributed by atoms with Crippen molar-refractivity contribution in [1.29, 1.82) is 0 Å². The fourth-order valence-electron chi connectivity index (χ4n) is 3.36. The molecule has 1 aromatic carbocycles. The summed E-state index contributed by atoms with van der Waals surface area (Å²) in [6, 6.07) is 6.19. The number of furan rings is 1. The molecule has 0 atom stereocenters. The number of fused-ring (bicyclic) bond motifs is 2. The normalized spacial score (nSPS) is 12.8. The molecule has 0 amide bonds. The highest BCUT2D eigenvalue weighted by atomic mass is 16.5. The van der Waals surface area contributed by atoms with Crippen LogP contribution in [-0.4, -0.2) is 28.6 Å². The van der Waals surface area contributed by atoms with Crippen molar-refractivity contribution in [2.45, 2.75) is 32.9 Å². The minimum atomic E-state index is -0.571. The molecule has 0 spiro atoms. The van der Waals surface area contributed by atoms with E-state index < -0.39 is 11.9 Å². The molecule has 8 nitrogen and oxygen atoms in total. The maximum absolute atomic E-state index is 12.5. The monoisotopic (exact) mass is 382 g/mol. The van der Waals surface area contributed by atoms with Crippen LogP contribution in [0.15, 0.2) is 33.5 Å². The minimum Gasteiger partial charge on any atom is -0.465 e. The van der Waals surface area contributed by atoms with Crippen LogP contribution in [0.5, 0.6) is 0 Å². The van der Waals surface area contributed by atoms with Crippen molar-refractivity contribution in [3.63, 3.8) is 0 Å². The van der Waals surface area contributed by atoms with Gasteiger partial charge in [0.05, 0.1) is 23.6 Å². The summed E-state index contributed by atoms with van der Waals surface area (Å²) in [5.41, 5.74) is 0.977. The third-order valence-corrected chi connectivity index (χ3v) is 4.77. The van der Waals surface area contributed by atoms with Crippen LogP contribution in [0.1, 0.15) is 44.5 Å². The lowest BCUT2D eigenvalue weighted by Crippen LogP contribution is -2.21. The zero-order valence-corrected chi connectivity index (χ0v) is 15.5. The Hall–Kier alpha value is -3.42. The number of esters is 2. The molecule has 0 bridgehead atoms. The number of methoxy groups -OCH3 is 1. The van der Waals surface area contributed by atoms with Gasteiger partial charge in [0.1, 0.15) is 29.5 Å². The van der Waals surface area contributed by atoms with Crippen LogP contribution in [0, 0.1) is 6.92 Å². The largest absolute Gasteiger partial charge is 0.465 e. The van der Waals surface area contributed by atoms with Crippen LogP contribution in [0.25, 0.3) is 10.9 Å². The maximum atomic E-state index is 12.5. The molecule has 28 heavy (non-hydrogen) atoms. The summed E-state index contributed by atoms with van der Waals surface area (Å²) in [4.78, 5) is 41.0. The Morgan fingerprint density at radius 2 is 2.07 bits per heavy atom. The van der Waals surface area contributed by atoms with Gasteiger partial charge in [0.25, 0.3) is 5.56 Å². The maximum Gasteiger partial charge on any atom is 0.341 e. The molecule has 3 aromatic rings. The molecule has 0 N–H and O–H groups in total. The van der Waals surface area contributed by atoms with Gasteiger partial charge in [0, 0.05) is 13.0 Å². The van der Waals surface area contributed by atoms with E-state index >= 15 is 0 Å². The van der Waals surface area contributed by atoms with Gasteiger partial charge in [-0.25, -0.2) is 14.6 Å². The summed E-state index contributed by atoms with van der Waals surface area (Å²) in [5, 5.41) is 0.478. The number of carbonyl (C=O) groups is 2. The van der Waals surface area contributed by atoms with E-state index in [0.717, 1.165) is 18.7 Å². The lowest BCUT2D eigenvalue weighted by molar-refractivity contribution is 0.0444. The van der Waals surface area contributed by atoms with Crippen LogP contribution < -0.4 is 5.56 Å². The Morgan fingerprint density at radius 1 is 1.25 bits per heavy atom. The van der Waals surface area contributed by atoms with Crippen molar-refractivity contribution >= 4 is 22.8 Å². The van der Waals surface area contributed by atoms with Crippen LogP contribution >= 0.6 is 0 Å². The molecule has 0 saturated carbocycles. The number of rotatable bonds is 4. The first-order valence-corrected chi connectivity index (χ1v) is 8.86. The summed E-state index contributed by atoms with van der Waals surface area (Å²) in [7, 11) is 1.28. The molecular weight excluding hydrogens is 364 g/mol. The van der Waals surface area contributed by atoms with Gasteiger partial charge in [-0.15, -0.1) is 0 Å². The van der Waals surface area contributed by atoms with Crippen LogP contribution in [-0.2, 0) is 29.0 Å². The van der Waals surface area contributed by atoms with E-state index in [4.69, 9.17) is 9.15 Å². The van der Waals surface area contributed by atoms with E-state index in [1.807, 2.05) is 0 Å². The molecule has 0 fully saturated rings. The summed E-state index contributed by atoms with van der Waals surface area (Å²) < 4.78 is 17.0. The van der Waals surface area contributed by atoms with Crippen molar-refractivity contribution in [2.75, 3.05) is 7.11 Å². The average Bonchev–Trinajstić information content (AvgIpc) is 3.31. The van der Waals surface area contributed by atoms with Gasteiger partial charge in [-0.1, -0.05) is 0 Å². The van der Waals surface area contributed by atoms with Crippen LogP contribution in [0.3, 0.4) is 0 Å². The summed E-state index contributed by atoms with van der Waals surface area (Å²) in [6.45, 7) is 2.18. The second-order valence-electron chi connectivity index (χ2n) is 6.57. The Morgan fingerprint density at radius 3 is 2.86 bits per heavy atom. The Bertz CT molecular complexity index is 1160. The summed E-state index contributed by atoms with van der Waals surface area (Å²) in [6.07, 6.45) is 1.64. The third-order valence-electron chi connectivity index (χ3n) is 4.77. The molecule has 4 rings (SSSR count). The Kier molecular flexibility index (Phi) is 4.46. The van der Waals surface area contributed by atoms with Gasteiger partial charge in [-0.2, -0.15) is 0 Å². The molecule has 0 aliphatic carbocycles. The fraction of sp³-hybridized carbons (Fsp3) is 0.300. The van der Waals surface area contributed by atoms with Crippen molar-refractivity contribution in [3.05, 3.63) is 63.1 Å². The molecule has 2 aromatic heterocycles. The smallest absolute Gasteiger partial charge is 0.341 e. The molecule has 0 saturated heterocycles. The quantitative estimate of drug-likeness (QED) is 0.639. The molecule has 1 aliphatic rings. The van der Waals surface area contributed by atoms with E-state index in [-0.39, 0.29) is 17.7 Å². The van der Waals surface area contributed by atoms with Gasteiger partial charge in [-0.3, -0.25) is 9.36 Å². The summed E-state index contributed by atoms with van der Waals surface area (Å²) in [5.74, 6) is 0.379. The number of ether oxygens (including phenoxy) is 2. The Labute approximate surface area is 159 Å². The number of hydrogen-bond donors (Lipinski definition) is 0. The predicted octanol–water partition coefficient (Wildman–Crippen LogP) is 2.39. The van der Waals surface area contributed by atoms with Crippen LogP contribution in [0.4, 0.5) is 0 Å². The van der Waals surface area contributed by atoms with E-state index in [1.54, 1.807) is 29.7 Å². The first-order chi connectivity index (χ1) is 13.5. The van der Waals surface area contributed by atoms with Gasteiger partial charge < -0.3 is 13.9 Å². The molecule has 3 heterocycles. The van der Waals surface area contributed by atoms with Gasteiger partial charge in [0.15, 0.2) is 0 Å². The van der Waals surface area contributed by atoms with Gasteiger partial charge >= 0.3 is 11.9 Å². The summed E-state index contributed by atoms with van der Waals surface area (Å²) >= 11 is 0. The highest BCUT2D eigenvalue weighted by molar-refractivity contribution is 5.94. The van der Waals surface area contributed by atoms with Crippen molar-refractivity contribution < 1.29 is 23.5 Å². The standard InChI is InChI=1S/C20H18N2O6/c1-11-15(20(25)26-2)9-13(28-11)10-27-19(24)12-5-6-14-16(8-12)21-17-4-3-7-22(17)18(14)23/h5-6,8-9H,3-4,7,10H2,1-2H3. The topological polar surface area (TPSA) is 101 Å². The number of carbonyl (C=O) groups excluding carboxylic acids is 2. The molecule has 1 aliphatic heterocycles. The molecule has 0 unspecified atom stereocenters. The highest BCUT2D eigenvalue weighted by Crippen LogP contribution is 2.19. The second-order valence-corrected chi connectivity index (χ2v) is 6.57. The number of hydrogen-bond acceptors (Lipinski definition) is 7. The Balaban J connectivity index is 1.54. The first-order valence-electron chi connectivity index (χ1n) is 8.86. The van der Waals surface area contributed by atoms with E-state index in [9.17, 15) is 14.4 Å². The van der Waals surface area contributed by atoms with E-state index in [0.29, 0.717) is 34.5 Å². The predicted molar refractivity (Wildman–Crippen MR) is 98.2 cm³/mol. The van der Waals surface area contributed by atoms with Gasteiger partial charge in [-0.05, 0) is 37.6 Å². The molecule has 144 valence electrons. The lowest BCUT2D eigenvalue weighted by atomic mass is 10.1. The molecule has 8 heteroatoms. The fourth-order valence-corrected chi connectivity index (χ4v) is 3.36. The third kappa shape index (κ3) is 3.06. The van der Waals surface area contributed by atoms with Crippen molar-refractivity contribution in [2.24, 2.45) is 0 Å². The second kappa shape index (κ2) is 6.95.